The van der Waals surface area contributed by atoms with Crippen molar-refractivity contribution in [3.05, 3.63) is 125 Å². The molecule has 4 atom stereocenters. The van der Waals surface area contributed by atoms with Gasteiger partial charge in [0.1, 0.15) is 13.2 Å². The highest BCUT2D eigenvalue weighted by Crippen LogP contribution is 2.69. The highest BCUT2D eigenvalue weighted by Gasteiger charge is 2.72. The van der Waals surface area contributed by atoms with Crippen LogP contribution in [0.15, 0.2) is 96.0 Å². The summed E-state index contributed by atoms with van der Waals surface area (Å²) in [6.45, 7) is 1.88. The second-order valence-electron chi connectivity index (χ2n) is 15.5. The van der Waals surface area contributed by atoms with Crippen LogP contribution >= 0.6 is 0 Å². The molecule has 0 radical (unpaired) electrons. The van der Waals surface area contributed by atoms with E-state index in [0.29, 0.717) is 36.6 Å². The number of ether oxygens (including phenoxy) is 3. The molecule has 1 aromatic heterocycles. The third-order valence-electron chi connectivity index (χ3n) is 12.3. The number of aliphatic imine (C=N–C) groups is 1. The summed E-state index contributed by atoms with van der Waals surface area (Å²) >= 11 is 0. The van der Waals surface area contributed by atoms with E-state index in [4.69, 9.17) is 14.2 Å². The van der Waals surface area contributed by atoms with Crippen molar-refractivity contribution in [1.82, 2.24) is 20.5 Å². The van der Waals surface area contributed by atoms with Crippen LogP contribution in [0.3, 0.4) is 0 Å². The number of likely N-dealkylation sites (tertiary alicyclic amines) is 1. The molecule has 280 valence electrons. The molecule has 12 nitrogen and oxygen atoms in total. The van der Waals surface area contributed by atoms with Crippen molar-refractivity contribution in [2.75, 3.05) is 13.1 Å². The Morgan fingerprint density at radius 2 is 1.62 bits per heavy atom. The highest BCUT2D eigenvalue weighted by molar-refractivity contribution is 6.02. The summed E-state index contributed by atoms with van der Waals surface area (Å²) in [7, 11) is 0. The molecular formula is C43H41N5O7. The van der Waals surface area contributed by atoms with Crippen LogP contribution in [0.5, 0.6) is 11.5 Å². The summed E-state index contributed by atoms with van der Waals surface area (Å²) in [5, 5.41) is 30.3. The minimum Gasteiger partial charge on any atom is -0.504 e. The molecule has 0 unspecified atom stereocenters. The van der Waals surface area contributed by atoms with E-state index in [1.807, 2.05) is 78.9 Å². The van der Waals surface area contributed by atoms with Crippen molar-refractivity contribution >= 4 is 34.7 Å². The molecule has 2 amide bonds. The van der Waals surface area contributed by atoms with Gasteiger partial charge in [0, 0.05) is 35.5 Å². The van der Waals surface area contributed by atoms with Gasteiger partial charge in [0.15, 0.2) is 17.6 Å². The van der Waals surface area contributed by atoms with E-state index >= 15 is 0 Å². The lowest BCUT2D eigenvalue weighted by atomic mass is 9.49. The number of phenolic OH excluding ortho intramolecular Hbond substituents is 1. The molecular weight excluding hydrogens is 699 g/mol. The number of carbonyl (C=O) groups excluding carboxylic acids is 2. The minimum atomic E-state index is -1.16. The van der Waals surface area contributed by atoms with Crippen molar-refractivity contribution in [2.45, 2.75) is 68.5 Å². The van der Waals surface area contributed by atoms with Gasteiger partial charge < -0.3 is 29.4 Å². The first-order valence-electron chi connectivity index (χ1n) is 19.0. The van der Waals surface area contributed by atoms with Gasteiger partial charge in [-0.25, -0.2) is 14.6 Å². The Bertz CT molecular complexity index is 2300. The highest BCUT2D eigenvalue weighted by atomic mass is 16.6. The number of carbonyl (C=O) groups is 2. The first-order chi connectivity index (χ1) is 26.8. The van der Waals surface area contributed by atoms with E-state index in [9.17, 15) is 19.8 Å². The Morgan fingerprint density at radius 1 is 0.927 bits per heavy atom. The number of nitrogens with one attached hydrogen (secondary N) is 3. The number of alkyl carbamates (subject to hydrolysis) is 2. The number of phenols is 1. The monoisotopic (exact) mass is 739 g/mol. The average molecular weight is 740 g/mol. The number of aromatic hydroxyl groups is 1. The molecule has 4 aromatic carbocycles. The number of aromatic nitrogens is 1. The number of amides is 2. The van der Waals surface area contributed by atoms with Gasteiger partial charge >= 0.3 is 12.2 Å². The van der Waals surface area contributed by atoms with E-state index in [0.717, 1.165) is 57.5 Å². The lowest BCUT2D eigenvalue weighted by Gasteiger charge is -2.62. The first kappa shape index (κ1) is 33.7. The number of guanidine groups is 1. The fourth-order valence-corrected chi connectivity index (χ4v) is 9.61. The van der Waals surface area contributed by atoms with Crippen LogP contribution in [0.2, 0.25) is 0 Å². The van der Waals surface area contributed by atoms with Gasteiger partial charge in [-0.3, -0.25) is 15.5 Å². The van der Waals surface area contributed by atoms with Crippen LogP contribution in [-0.2, 0) is 40.9 Å². The van der Waals surface area contributed by atoms with Gasteiger partial charge in [-0.05, 0) is 84.7 Å². The van der Waals surface area contributed by atoms with Crippen LogP contribution in [0.25, 0.3) is 10.9 Å². The smallest absolute Gasteiger partial charge is 0.414 e. The zero-order valence-electron chi connectivity index (χ0n) is 30.1. The predicted molar refractivity (Wildman–Crippen MR) is 203 cm³/mol. The van der Waals surface area contributed by atoms with Gasteiger partial charge in [0.25, 0.3) is 0 Å². The molecule has 5 aromatic rings. The number of nitrogens with zero attached hydrogens (tertiary/aromatic N) is 2. The standard InChI is InChI=1S/C43H41N5O7/c49-33-16-13-28-19-34-43(52)21-31-30-20-29(14-15-32(30)45-36(31)38-42(43,35(28)37(33)55-38)17-18-48(34)22-25-11-12-25)44-39(46-40(50)53-23-26-7-3-1-4-8-26)47-41(51)54-24-27-9-5-2-6-10-27/h1-10,13-16,20,25,34,38,45,49,52H,11-12,17-19,21-24H2,(H2,44,46,47,50,51)/t34-,38-,42-,43+/m0/s1. The summed E-state index contributed by atoms with van der Waals surface area (Å²) in [6.07, 6.45) is 2.10. The Kier molecular flexibility index (Phi) is 7.89. The van der Waals surface area contributed by atoms with Crippen molar-refractivity contribution in [3.63, 3.8) is 0 Å². The summed E-state index contributed by atoms with van der Waals surface area (Å²) in [6, 6.07) is 27.7. The zero-order chi connectivity index (χ0) is 37.3. The number of hydrogen-bond donors (Lipinski definition) is 5. The number of hydrogen-bond acceptors (Lipinski definition) is 9. The first-order valence-corrected chi connectivity index (χ1v) is 19.0. The molecule has 5 N–H and O–H groups in total. The largest absolute Gasteiger partial charge is 0.504 e. The maximum Gasteiger partial charge on any atom is 0.414 e. The number of piperidine rings is 1. The SMILES string of the molecule is O=C(NC(=Nc1ccc2[nH]c3c(c2c1)C[C@@]1(O)[C@@H]2Cc4ccc(O)c5c4[C@@]1(CCN2CC1CC1)[C@H]3O5)NC(=O)OCc1ccccc1)OCc1ccccc1. The summed E-state index contributed by atoms with van der Waals surface area (Å²) in [5.74, 6) is 1.06. The van der Waals surface area contributed by atoms with Crippen molar-refractivity contribution < 1.29 is 34.0 Å². The molecule has 3 heterocycles. The van der Waals surface area contributed by atoms with E-state index in [1.54, 1.807) is 12.1 Å². The normalized spacial score (nSPS) is 24.2. The van der Waals surface area contributed by atoms with E-state index < -0.39 is 29.3 Å². The van der Waals surface area contributed by atoms with Gasteiger partial charge in [-0.1, -0.05) is 66.7 Å². The van der Waals surface area contributed by atoms with E-state index in [-0.39, 0.29) is 31.0 Å². The van der Waals surface area contributed by atoms with Crippen LogP contribution in [0.1, 0.15) is 58.9 Å². The van der Waals surface area contributed by atoms with Gasteiger partial charge in [0.05, 0.1) is 22.4 Å². The Balaban J connectivity index is 0.994. The summed E-state index contributed by atoms with van der Waals surface area (Å²) < 4.78 is 17.6. The topological polar surface area (TPSA) is 158 Å². The van der Waals surface area contributed by atoms with E-state index in [2.05, 4.69) is 25.5 Å². The number of fused-ring (bicyclic) bond motifs is 4. The van der Waals surface area contributed by atoms with Crippen molar-refractivity contribution in [2.24, 2.45) is 10.9 Å². The number of aromatic amines is 1. The second-order valence-corrected chi connectivity index (χ2v) is 15.5. The van der Waals surface area contributed by atoms with Gasteiger partial charge in [-0.15, -0.1) is 0 Å². The molecule has 10 rings (SSSR count). The quantitative estimate of drug-likeness (QED) is 0.0947. The molecule has 1 spiro atoms. The third kappa shape index (κ3) is 5.61. The molecule has 2 aliphatic heterocycles. The number of rotatable bonds is 7. The lowest BCUT2D eigenvalue weighted by molar-refractivity contribution is -0.173. The molecule has 2 bridgehead atoms. The Hall–Kier alpha value is -5.85. The Morgan fingerprint density at radius 3 is 2.29 bits per heavy atom. The number of benzene rings is 4. The molecule has 1 saturated carbocycles. The lowest BCUT2D eigenvalue weighted by Crippen LogP contribution is -2.74. The molecule has 2 fully saturated rings. The van der Waals surface area contributed by atoms with Crippen molar-refractivity contribution in [3.8, 4) is 11.5 Å². The molecule has 3 aliphatic carbocycles. The van der Waals surface area contributed by atoms with E-state index in [1.165, 1.54) is 12.8 Å². The van der Waals surface area contributed by atoms with Gasteiger partial charge in [-0.2, -0.15) is 0 Å². The maximum atomic E-state index is 13.2. The molecule has 1 saturated heterocycles. The number of H-pyrrole nitrogens is 1. The second kappa shape index (κ2) is 12.9. The van der Waals surface area contributed by atoms with Crippen molar-refractivity contribution in [1.29, 1.82) is 0 Å². The molecule has 12 heteroatoms. The maximum absolute atomic E-state index is 13.2. The average Bonchev–Trinajstić information content (AvgIpc) is 3.84. The zero-order valence-corrected chi connectivity index (χ0v) is 30.1. The summed E-state index contributed by atoms with van der Waals surface area (Å²) in [5.41, 5.74) is 4.91. The third-order valence-corrected chi connectivity index (χ3v) is 12.3. The fourth-order valence-electron chi connectivity index (χ4n) is 9.61. The van der Waals surface area contributed by atoms with Gasteiger partial charge in [0.2, 0.25) is 5.96 Å². The Labute approximate surface area is 317 Å². The number of aliphatic hydroxyl groups is 1. The fraction of sp³-hybridized carbons (Fsp3) is 0.326. The minimum absolute atomic E-state index is 0.0235. The molecule has 55 heavy (non-hydrogen) atoms. The van der Waals surface area contributed by atoms with Crippen LogP contribution in [0, 0.1) is 5.92 Å². The van der Waals surface area contributed by atoms with Crippen LogP contribution < -0.4 is 15.4 Å². The summed E-state index contributed by atoms with van der Waals surface area (Å²) in [4.78, 5) is 36.8. The van der Waals surface area contributed by atoms with Crippen LogP contribution in [-0.4, -0.2) is 63.0 Å². The predicted octanol–water partition coefficient (Wildman–Crippen LogP) is 6.41. The molecule has 5 aliphatic rings. The van der Waals surface area contributed by atoms with Crippen LogP contribution in [0.4, 0.5) is 15.3 Å².